The Morgan fingerprint density at radius 2 is 1.76 bits per heavy atom. The van der Waals surface area contributed by atoms with Crippen LogP contribution in [0.3, 0.4) is 0 Å². The van der Waals surface area contributed by atoms with Crippen LogP contribution in [-0.4, -0.2) is 15.9 Å². The van der Waals surface area contributed by atoms with Crippen molar-refractivity contribution in [3.63, 3.8) is 0 Å². The summed E-state index contributed by atoms with van der Waals surface area (Å²) < 4.78 is 1.72. The number of aryl methyl sites for hydroxylation is 1. The molecule has 0 aliphatic rings. The van der Waals surface area contributed by atoms with Gasteiger partial charge in [-0.15, -0.1) is 0 Å². The van der Waals surface area contributed by atoms with Crippen LogP contribution >= 0.6 is 23.2 Å². The van der Waals surface area contributed by atoms with Crippen molar-refractivity contribution >= 4 is 46.0 Å². The number of aromatic hydroxyl groups is 1. The Morgan fingerprint density at radius 1 is 1.10 bits per heavy atom. The number of hydrogen-bond donors (Lipinski definition) is 1. The van der Waals surface area contributed by atoms with Crippen LogP contribution < -0.4 is 0 Å². The van der Waals surface area contributed by atoms with Gasteiger partial charge in [0.05, 0.1) is 16.8 Å². The Morgan fingerprint density at radius 3 is 2.48 bits per heavy atom. The molecule has 0 saturated heterocycles. The Kier molecular flexibility index (Phi) is 3.62. The van der Waals surface area contributed by atoms with E-state index in [0.717, 1.165) is 10.9 Å². The minimum atomic E-state index is 0.174. The van der Waals surface area contributed by atoms with Gasteiger partial charge in [0.15, 0.2) is 0 Å². The molecular weight excluding hydrogens is 307 g/mol. The number of fused-ring (bicyclic) bond motifs is 1. The zero-order valence-electron chi connectivity index (χ0n) is 11.2. The van der Waals surface area contributed by atoms with Crippen molar-refractivity contribution in [1.29, 1.82) is 0 Å². The highest BCUT2D eigenvalue weighted by Gasteiger charge is 2.11. The lowest BCUT2D eigenvalue weighted by molar-refractivity contribution is 0.434. The molecule has 1 heterocycles. The molecule has 106 valence electrons. The summed E-state index contributed by atoms with van der Waals surface area (Å²) in [7, 11) is 1.81. The zero-order valence-corrected chi connectivity index (χ0v) is 12.7. The van der Waals surface area contributed by atoms with E-state index in [9.17, 15) is 5.11 Å². The molecule has 0 spiro atoms. The zero-order chi connectivity index (χ0) is 15.0. The standard InChI is InChI=1S/C16H12Cl2N2O/c1-20-15-5-3-2-4-13(15)14(16(20)21)9-19-12-7-10(17)6-11(18)8-12/h2-9,21H,1H3. The Labute approximate surface area is 132 Å². The summed E-state index contributed by atoms with van der Waals surface area (Å²) in [5.41, 5.74) is 2.25. The highest BCUT2D eigenvalue weighted by molar-refractivity contribution is 6.35. The molecule has 5 heteroatoms. The van der Waals surface area contributed by atoms with Gasteiger partial charge in [-0.05, 0) is 24.3 Å². The number of aromatic nitrogens is 1. The molecule has 0 aliphatic carbocycles. The number of rotatable bonds is 2. The van der Waals surface area contributed by atoms with Crippen molar-refractivity contribution in [2.24, 2.45) is 12.0 Å². The predicted octanol–water partition coefficient (Wildman–Crippen LogP) is 4.94. The van der Waals surface area contributed by atoms with Gasteiger partial charge >= 0.3 is 0 Å². The molecule has 0 fully saturated rings. The third kappa shape index (κ3) is 2.62. The fraction of sp³-hybridized carbons (Fsp3) is 0.0625. The van der Waals surface area contributed by atoms with Gasteiger partial charge in [0, 0.05) is 28.7 Å². The van der Waals surface area contributed by atoms with Crippen molar-refractivity contribution in [2.75, 3.05) is 0 Å². The molecule has 1 aromatic heterocycles. The van der Waals surface area contributed by atoms with Crippen LogP contribution in [0.2, 0.25) is 10.0 Å². The van der Waals surface area contributed by atoms with Crippen LogP contribution in [0.25, 0.3) is 10.9 Å². The van der Waals surface area contributed by atoms with Crippen molar-refractivity contribution < 1.29 is 5.11 Å². The lowest BCUT2D eigenvalue weighted by Crippen LogP contribution is -1.85. The topological polar surface area (TPSA) is 37.5 Å². The SMILES string of the molecule is Cn1c(O)c(C=Nc2cc(Cl)cc(Cl)c2)c2ccccc21. The van der Waals surface area contributed by atoms with E-state index in [-0.39, 0.29) is 5.88 Å². The summed E-state index contributed by atoms with van der Waals surface area (Å²) >= 11 is 11.9. The Hall–Kier alpha value is -1.97. The second-order valence-electron chi connectivity index (χ2n) is 4.70. The lowest BCUT2D eigenvalue weighted by Gasteiger charge is -1.98. The smallest absolute Gasteiger partial charge is 0.200 e. The molecule has 1 N–H and O–H groups in total. The monoisotopic (exact) mass is 318 g/mol. The van der Waals surface area contributed by atoms with Crippen molar-refractivity contribution in [3.8, 4) is 5.88 Å². The van der Waals surface area contributed by atoms with Crippen LogP contribution in [0.15, 0.2) is 47.5 Å². The number of aliphatic imine (C=N–C) groups is 1. The summed E-state index contributed by atoms with van der Waals surface area (Å²) in [6.45, 7) is 0. The first-order chi connectivity index (χ1) is 10.1. The molecule has 0 bridgehead atoms. The number of halogens is 2. The van der Waals surface area contributed by atoms with Gasteiger partial charge in [0.1, 0.15) is 0 Å². The first-order valence-corrected chi connectivity index (χ1v) is 7.08. The molecule has 0 amide bonds. The average Bonchev–Trinajstić information content (AvgIpc) is 2.69. The molecule has 0 aliphatic heterocycles. The largest absolute Gasteiger partial charge is 0.494 e. The average molecular weight is 319 g/mol. The molecule has 3 rings (SSSR count). The fourth-order valence-electron chi connectivity index (χ4n) is 2.29. The molecule has 0 unspecified atom stereocenters. The van der Waals surface area contributed by atoms with Gasteiger partial charge in [0.25, 0.3) is 0 Å². The molecule has 21 heavy (non-hydrogen) atoms. The maximum absolute atomic E-state index is 10.2. The van der Waals surface area contributed by atoms with Gasteiger partial charge in [-0.25, -0.2) is 0 Å². The molecule has 0 atom stereocenters. The van der Waals surface area contributed by atoms with Crippen LogP contribution in [-0.2, 0) is 7.05 Å². The van der Waals surface area contributed by atoms with Gasteiger partial charge in [0.2, 0.25) is 5.88 Å². The summed E-state index contributed by atoms with van der Waals surface area (Å²) in [5, 5.41) is 12.2. The minimum Gasteiger partial charge on any atom is -0.494 e. The molecule has 2 aromatic carbocycles. The Bertz CT molecular complexity index is 833. The van der Waals surface area contributed by atoms with Crippen molar-refractivity contribution in [3.05, 3.63) is 58.1 Å². The molecule has 3 nitrogen and oxygen atoms in total. The highest BCUT2D eigenvalue weighted by Crippen LogP contribution is 2.30. The number of hydrogen-bond acceptors (Lipinski definition) is 2. The van der Waals surface area contributed by atoms with E-state index in [2.05, 4.69) is 4.99 Å². The van der Waals surface area contributed by atoms with E-state index in [1.54, 1.807) is 29.0 Å². The summed E-state index contributed by atoms with van der Waals surface area (Å²) in [6.07, 6.45) is 1.62. The highest BCUT2D eigenvalue weighted by atomic mass is 35.5. The van der Waals surface area contributed by atoms with Crippen molar-refractivity contribution in [1.82, 2.24) is 4.57 Å². The normalized spacial score (nSPS) is 11.6. The van der Waals surface area contributed by atoms with Crippen molar-refractivity contribution in [2.45, 2.75) is 0 Å². The molecule has 0 radical (unpaired) electrons. The van der Waals surface area contributed by atoms with E-state index in [0.29, 0.717) is 21.3 Å². The minimum absolute atomic E-state index is 0.174. The first-order valence-electron chi connectivity index (χ1n) is 6.33. The van der Waals surface area contributed by atoms with Gasteiger partial charge in [-0.3, -0.25) is 4.99 Å². The molecule has 0 saturated carbocycles. The van der Waals surface area contributed by atoms with E-state index in [4.69, 9.17) is 23.2 Å². The first kappa shape index (κ1) is 14.0. The summed E-state index contributed by atoms with van der Waals surface area (Å²) in [4.78, 5) is 4.36. The van der Waals surface area contributed by atoms with E-state index >= 15 is 0 Å². The quantitative estimate of drug-likeness (QED) is 0.667. The van der Waals surface area contributed by atoms with Crippen LogP contribution in [0.1, 0.15) is 5.56 Å². The second-order valence-corrected chi connectivity index (χ2v) is 5.57. The number of nitrogens with zero attached hydrogens (tertiary/aromatic N) is 2. The van der Waals surface area contributed by atoms with Gasteiger partial charge in [-0.2, -0.15) is 0 Å². The maximum Gasteiger partial charge on any atom is 0.200 e. The maximum atomic E-state index is 10.2. The van der Waals surface area contributed by atoms with Crippen LogP contribution in [0, 0.1) is 0 Å². The second kappa shape index (κ2) is 5.43. The third-order valence-electron chi connectivity index (χ3n) is 3.30. The van der Waals surface area contributed by atoms with Gasteiger partial charge < -0.3 is 9.67 Å². The predicted molar refractivity (Wildman–Crippen MR) is 88.3 cm³/mol. The molecule has 3 aromatic rings. The van der Waals surface area contributed by atoms with E-state index < -0.39 is 0 Å². The summed E-state index contributed by atoms with van der Waals surface area (Å²) in [5.74, 6) is 0.174. The third-order valence-corrected chi connectivity index (χ3v) is 3.74. The Balaban J connectivity index is 2.09. The number of para-hydroxylation sites is 1. The lowest BCUT2D eigenvalue weighted by atomic mass is 10.2. The molecular formula is C16H12Cl2N2O. The van der Waals surface area contributed by atoms with Crippen LogP contribution in [0.4, 0.5) is 5.69 Å². The van der Waals surface area contributed by atoms with Gasteiger partial charge in [-0.1, -0.05) is 41.4 Å². The fourth-order valence-corrected chi connectivity index (χ4v) is 2.80. The van der Waals surface area contributed by atoms with Crippen LogP contribution in [0.5, 0.6) is 5.88 Å². The summed E-state index contributed by atoms with van der Waals surface area (Å²) in [6, 6.07) is 12.8. The number of benzene rings is 2. The van der Waals surface area contributed by atoms with E-state index in [1.807, 2.05) is 31.3 Å². The van der Waals surface area contributed by atoms with E-state index in [1.165, 1.54) is 0 Å².